The van der Waals surface area contributed by atoms with E-state index in [1.54, 1.807) is 20.8 Å². The summed E-state index contributed by atoms with van der Waals surface area (Å²) in [5.41, 5.74) is 1.41. The fourth-order valence-corrected chi connectivity index (χ4v) is 4.23. The lowest BCUT2D eigenvalue weighted by Crippen LogP contribution is -2.30. The molecule has 2 aromatic rings. The molecule has 0 aromatic heterocycles. The molecule has 0 atom stereocenters. The molecule has 0 spiro atoms. The fourth-order valence-electron chi connectivity index (χ4n) is 3.03. The lowest BCUT2D eigenvalue weighted by molar-refractivity contribution is 0.551. The third kappa shape index (κ3) is 6.14. The van der Waals surface area contributed by atoms with Gasteiger partial charge in [0, 0.05) is 0 Å². The maximum absolute atomic E-state index is 12.0. The second-order valence-electron chi connectivity index (χ2n) is 7.98. The van der Waals surface area contributed by atoms with Crippen molar-refractivity contribution in [1.29, 1.82) is 0 Å². The summed E-state index contributed by atoms with van der Waals surface area (Å²) in [6.45, 7) is 5.36. The van der Waals surface area contributed by atoms with Gasteiger partial charge in [0.1, 0.15) is 0 Å². The minimum absolute atomic E-state index is 0.327. The van der Waals surface area contributed by atoms with Crippen molar-refractivity contribution in [3.8, 4) is 0 Å². The van der Waals surface area contributed by atoms with Gasteiger partial charge in [0.25, 0.3) is 0 Å². The molecule has 0 radical (unpaired) electrons. The molecule has 0 saturated heterocycles. The molecule has 3 heteroatoms. The maximum Gasteiger partial charge on any atom is 0.155 e. The molecule has 0 aliphatic heterocycles. The van der Waals surface area contributed by atoms with Gasteiger partial charge in [-0.05, 0) is 56.4 Å². The zero-order valence-electron chi connectivity index (χ0n) is 15.9. The highest BCUT2D eigenvalue weighted by atomic mass is 32.2. The number of rotatable bonds is 9. The normalized spacial score (nSPS) is 12.6. The zero-order chi connectivity index (χ0) is 18.3. The van der Waals surface area contributed by atoms with Crippen molar-refractivity contribution in [2.75, 3.05) is 5.75 Å². The van der Waals surface area contributed by atoms with Crippen LogP contribution in [-0.2, 0) is 16.3 Å². The van der Waals surface area contributed by atoms with Crippen molar-refractivity contribution in [2.24, 2.45) is 0 Å². The van der Waals surface area contributed by atoms with Crippen LogP contribution in [0.25, 0.3) is 10.8 Å². The van der Waals surface area contributed by atoms with Crippen molar-refractivity contribution in [3.63, 3.8) is 0 Å². The summed E-state index contributed by atoms with van der Waals surface area (Å²) in [6, 6.07) is 15.2. The van der Waals surface area contributed by atoms with Gasteiger partial charge in [-0.3, -0.25) is 0 Å². The van der Waals surface area contributed by atoms with E-state index in [2.05, 4.69) is 42.5 Å². The number of aryl methyl sites for hydroxylation is 1. The van der Waals surface area contributed by atoms with E-state index in [1.165, 1.54) is 35.6 Å². The van der Waals surface area contributed by atoms with Gasteiger partial charge in [0.2, 0.25) is 0 Å². The van der Waals surface area contributed by atoms with Gasteiger partial charge < -0.3 is 0 Å². The van der Waals surface area contributed by atoms with Gasteiger partial charge in [0.05, 0.1) is 10.5 Å². The monoisotopic (exact) mass is 360 g/mol. The van der Waals surface area contributed by atoms with Crippen LogP contribution in [0.1, 0.15) is 64.9 Å². The molecule has 2 nitrogen and oxygen atoms in total. The van der Waals surface area contributed by atoms with E-state index in [-0.39, 0.29) is 0 Å². The second kappa shape index (κ2) is 8.84. The van der Waals surface area contributed by atoms with Crippen LogP contribution >= 0.6 is 0 Å². The van der Waals surface area contributed by atoms with Crippen molar-refractivity contribution >= 4 is 20.6 Å². The zero-order valence-corrected chi connectivity index (χ0v) is 16.7. The molecule has 0 amide bonds. The maximum atomic E-state index is 12.0. The Morgan fingerprint density at radius 1 is 0.760 bits per heavy atom. The topological polar surface area (TPSA) is 34.1 Å². The number of unbranched alkanes of at least 4 members (excludes halogenated alkanes) is 5. The molecule has 25 heavy (non-hydrogen) atoms. The standard InChI is InChI=1S/C22H32O2S/c1-22(2,3)25(23,24)17-11-7-5-4-6-8-12-19-15-16-20-13-9-10-14-21(20)18-19/h9-10,13-16,18H,4-8,11-12,17H2,1-3H3. The number of fused-ring (bicyclic) bond motifs is 1. The first-order valence-corrected chi connectivity index (χ1v) is 11.1. The summed E-state index contributed by atoms with van der Waals surface area (Å²) < 4.78 is 23.5. The summed E-state index contributed by atoms with van der Waals surface area (Å²) in [7, 11) is -2.95. The lowest BCUT2D eigenvalue weighted by Gasteiger charge is -2.18. The minimum Gasteiger partial charge on any atom is -0.228 e. The SMILES string of the molecule is CC(C)(C)S(=O)(=O)CCCCCCCCc1ccc2ccccc2c1. The predicted molar refractivity (Wildman–Crippen MR) is 109 cm³/mol. The van der Waals surface area contributed by atoms with E-state index in [0.29, 0.717) is 5.75 Å². The van der Waals surface area contributed by atoms with Gasteiger partial charge >= 0.3 is 0 Å². The van der Waals surface area contributed by atoms with Gasteiger partial charge in [0.15, 0.2) is 9.84 Å². The van der Waals surface area contributed by atoms with Crippen LogP contribution in [0.15, 0.2) is 42.5 Å². The minimum atomic E-state index is -2.95. The molecule has 0 fully saturated rings. The quantitative estimate of drug-likeness (QED) is 0.519. The summed E-state index contributed by atoms with van der Waals surface area (Å²) in [5.74, 6) is 0.327. The summed E-state index contributed by atoms with van der Waals surface area (Å²) in [5, 5.41) is 2.62. The van der Waals surface area contributed by atoms with Gasteiger partial charge in [-0.1, -0.05) is 68.1 Å². The van der Waals surface area contributed by atoms with Gasteiger partial charge in [-0.2, -0.15) is 0 Å². The van der Waals surface area contributed by atoms with E-state index < -0.39 is 14.6 Å². The number of sulfone groups is 1. The molecule has 0 aliphatic rings. The summed E-state index contributed by atoms with van der Waals surface area (Å²) >= 11 is 0. The Labute approximate surface area is 153 Å². The molecular weight excluding hydrogens is 328 g/mol. The first-order chi connectivity index (χ1) is 11.8. The average Bonchev–Trinajstić information content (AvgIpc) is 2.56. The van der Waals surface area contributed by atoms with Crippen molar-refractivity contribution in [2.45, 2.75) is 70.5 Å². The third-order valence-electron chi connectivity index (χ3n) is 4.88. The highest BCUT2D eigenvalue weighted by Gasteiger charge is 2.27. The second-order valence-corrected chi connectivity index (χ2v) is 10.8. The molecule has 2 rings (SSSR count). The van der Waals surface area contributed by atoms with Crippen molar-refractivity contribution in [3.05, 3.63) is 48.0 Å². The Balaban J connectivity index is 1.60. The Bertz CT molecular complexity index is 770. The molecule has 0 bridgehead atoms. The van der Waals surface area contributed by atoms with E-state index in [4.69, 9.17) is 0 Å². The Kier molecular flexibility index (Phi) is 7.06. The molecular formula is C22H32O2S. The lowest BCUT2D eigenvalue weighted by atomic mass is 10.0. The number of hydrogen-bond acceptors (Lipinski definition) is 2. The molecule has 0 unspecified atom stereocenters. The van der Waals surface area contributed by atoms with Crippen LogP contribution in [-0.4, -0.2) is 18.9 Å². The van der Waals surface area contributed by atoms with Crippen LogP contribution in [0, 0.1) is 0 Å². The van der Waals surface area contributed by atoms with E-state index in [0.717, 1.165) is 25.7 Å². The Morgan fingerprint density at radius 3 is 2.04 bits per heavy atom. The van der Waals surface area contributed by atoms with Gasteiger partial charge in [-0.25, -0.2) is 8.42 Å². The Morgan fingerprint density at radius 2 is 1.36 bits per heavy atom. The molecule has 138 valence electrons. The van der Waals surface area contributed by atoms with Crippen LogP contribution in [0.5, 0.6) is 0 Å². The van der Waals surface area contributed by atoms with E-state index >= 15 is 0 Å². The van der Waals surface area contributed by atoms with Crippen molar-refractivity contribution < 1.29 is 8.42 Å². The predicted octanol–water partition coefficient (Wildman–Crippen LogP) is 5.94. The molecule has 2 aromatic carbocycles. The van der Waals surface area contributed by atoms with E-state index in [9.17, 15) is 8.42 Å². The van der Waals surface area contributed by atoms with E-state index in [1.807, 2.05) is 0 Å². The number of hydrogen-bond donors (Lipinski definition) is 0. The summed E-state index contributed by atoms with van der Waals surface area (Å²) in [6.07, 6.45) is 7.71. The summed E-state index contributed by atoms with van der Waals surface area (Å²) in [4.78, 5) is 0. The van der Waals surface area contributed by atoms with Crippen LogP contribution < -0.4 is 0 Å². The fraction of sp³-hybridized carbons (Fsp3) is 0.545. The first kappa shape index (κ1) is 20.0. The van der Waals surface area contributed by atoms with Crippen LogP contribution in [0.4, 0.5) is 0 Å². The average molecular weight is 361 g/mol. The molecule has 0 saturated carbocycles. The highest BCUT2D eigenvalue weighted by molar-refractivity contribution is 7.92. The molecule has 0 aliphatic carbocycles. The highest BCUT2D eigenvalue weighted by Crippen LogP contribution is 2.19. The van der Waals surface area contributed by atoms with Crippen LogP contribution in [0.3, 0.4) is 0 Å². The van der Waals surface area contributed by atoms with Crippen LogP contribution in [0.2, 0.25) is 0 Å². The molecule has 0 N–H and O–H groups in total. The third-order valence-corrected chi connectivity index (χ3v) is 7.57. The Hall–Kier alpha value is -1.35. The first-order valence-electron chi connectivity index (χ1n) is 9.50. The number of benzene rings is 2. The largest absolute Gasteiger partial charge is 0.228 e. The smallest absolute Gasteiger partial charge is 0.155 e. The molecule has 0 heterocycles. The van der Waals surface area contributed by atoms with Gasteiger partial charge in [-0.15, -0.1) is 0 Å². The van der Waals surface area contributed by atoms with Crippen molar-refractivity contribution in [1.82, 2.24) is 0 Å².